The summed E-state index contributed by atoms with van der Waals surface area (Å²) in [7, 11) is 0. The molecule has 0 saturated carbocycles. The van der Waals surface area contributed by atoms with E-state index in [1.807, 2.05) is 18.2 Å². The average molecular weight is 341 g/mol. The van der Waals surface area contributed by atoms with Gasteiger partial charge in [0.25, 0.3) is 0 Å². The van der Waals surface area contributed by atoms with Crippen molar-refractivity contribution >= 4 is 16.7 Å². The van der Waals surface area contributed by atoms with E-state index in [0.29, 0.717) is 16.9 Å². The van der Waals surface area contributed by atoms with Crippen LogP contribution in [0.3, 0.4) is 0 Å². The van der Waals surface area contributed by atoms with Gasteiger partial charge in [0.1, 0.15) is 11.3 Å². The first kappa shape index (κ1) is 15.8. The molecule has 0 atom stereocenters. The van der Waals surface area contributed by atoms with Gasteiger partial charge in [-0.25, -0.2) is 4.79 Å². The lowest BCUT2D eigenvalue weighted by atomic mass is 10.1. The summed E-state index contributed by atoms with van der Waals surface area (Å²) in [6.45, 7) is 6.40. The maximum atomic E-state index is 11.9. The van der Waals surface area contributed by atoms with E-state index in [4.69, 9.17) is 13.6 Å². The molecule has 6 nitrogen and oxygen atoms in total. The number of ether oxygens (including phenoxy) is 1. The molecule has 0 spiro atoms. The normalized spacial score (nSPS) is 15.0. The number of hydrogen-bond donors (Lipinski definition) is 1. The van der Waals surface area contributed by atoms with Crippen molar-refractivity contribution in [2.75, 3.05) is 31.2 Å². The molecule has 6 heteroatoms. The van der Waals surface area contributed by atoms with Crippen LogP contribution in [0.5, 0.6) is 5.75 Å². The summed E-state index contributed by atoms with van der Waals surface area (Å²) in [6, 6.07) is 7.80. The summed E-state index contributed by atoms with van der Waals surface area (Å²) in [5.74, 6) is 0.636. The minimum absolute atomic E-state index is 0.0549. The summed E-state index contributed by atoms with van der Waals surface area (Å²) in [6.07, 6.45) is 0. The standard InChI is InChI=1S/C19H19NO5/c1-11-17(21)12(2)19(22)25-18(11)16-10-13-9-14(3-4-15(13)24-16)20-5-7-23-8-6-20/h3-4,9-10,21H,5-8H2,1-2H3. The molecule has 130 valence electrons. The lowest BCUT2D eigenvalue weighted by molar-refractivity contribution is 0.122. The third-order valence-corrected chi connectivity index (χ3v) is 4.65. The van der Waals surface area contributed by atoms with Crippen LogP contribution in [0.25, 0.3) is 22.5 Å². The predicted octanol–water partition coefficient (Wildman–Crippen LogP) is 3.21. The van der Waals surface area contributed by atoms with Gasteiger partial charge < -0.3 is 23.6 Å². The van der Waals surface area contributed by atoms with Crippen molar-refractivity contribution in [3.05, 3.63) is 45.8 Å². The van der Waals surface area contributed by atoms with E-state index in [1.165, 1.54) is 6.92 Å². The van der Waals surface area contributed by atoms with Crippen molar-refractivity contribution in [2.24, 2.45) is 0 Å². The van der Waals surface area contributed by atoms with Crippen LogP contribution in [0.4, 0.5) is 5.69 Å². The van der Waals surface area contributed by atoms with Gasteiger partial charge in [-0.1, -0.05) is 0 Å². The Kier molecular flexibility index (Phi) is 3.77. The van der Waals surface area contributed by atoms with Gasteiger partial charge in [-0.3, -0.25) is 0 Å². The van der Waals surface area contributed by atoms with Crippen LogP contribution in [-0.4, -0.2) is 31.4 Å². The molecule has 0 unspecified atom stereocenters. The summed E-state index contributed by atoms with van der Waals surface area (Å²) in [5, 5.41) is 11.0. The van der Waals surface area contributed by atoms with E-state index in [-0.39, 0.29) is 17.1 Å². The first-order valence-electron chi connectivity index (χ1n) is 8.24. The Balaban J connectivity index is 1.78. The lowest BCUT2D eigenvalue weighted by Gasteiger charge is -2.28. The Morgan fingerprint density at radius 2 is 1.80 bits per heavy atom. The Hall–Kier alpha value is -2.73. The van der Waals surface area contributed by atoms with E-state index in [0.717, 1.165) is 37.4 Å². The number of nitrogens with zero attached hydrogens (tertiary/aromatic N) is 1. The van der Waals surface area contributed by atoms with Crippen molar-refractivity contribution in [2.45, 2.75) is 13.8 Å². The van der Waals surface area contributed by atoms with E-state index < -0.39 is 5.63 Å². The fraction of sp³-hybridized carbons (Fsp3) is 0.316. The lowest BCUT2D eigenvalue weighted by Crippen LogP contribution is -2.36. The second-order valence-electron chi connectivity index (χ2n) is 6.25. The molecule has 25 heavy (non-hydrogen) atoms. The highest BCUT2D eigenvalue weighted by atomic mass is 16.5. The summed E-state index contributed by atoms with van der Waals surface area (Å²) in [5.41, 5.74) is 1.94. The Morgan fingerprint density at radius 1 is 1.04 bits per heavy atom. The Morgan fingerprint density at radius 3 is 2.56 bits per heavy atom. The summed E-state index contributed by atoms with van der Waals surface area (Å²) >= 11 is 0. The number of hydrogen-bond acceptors (Lipinski definition) is 6. The van der Waals surface area contributed by atoms with E-state index in [1.54, 1.807) is 6.92 Å². The topological polar surface area (TPSA) is 76.0 Å². The molecule has 0 aliphatic carbocycles. The van der Waals surface area contributed by atoms with Gasteiger partial charge in [0, 0.05) is 29.7 Å². The van der Waals surface area contributed by atoms with Crippen molar-refractivity contribution in [3.8, 4) is 17.3 Å². The zero-order valence-electron chi connectivity index (χ0n) is 14.2. The van der Waals surface area contributed by atoms with E-state index >= 15 is 0 Å². The molecule has 2 aromatic heterocycles. The fourth-order valence-electron chi connectivity index (χ4n) is 3.13. The van der Waals surface area contributed by atoms with Crippen LogP contribution in [0.1, 0.15) is 11.1 Å². The number of anilines is 1. The Bertz CT molecular complexity index is 995. The van der Waals surface area contributed by atoms with Crippen LogP contribution < -0.4 is 10.5 Å². The first-order chi connectivity index (χ1) is 12.0. The minimum atomic E-state index is -0.562. The van der Waals surface area contributed by atoms with Crippen molar-refractivity contribution in [1.29, 1.82) is 0 Å². The van der Waals surface area contributed by atoms with Gasteiger partial charge in [0.2, 0.25) is 0 Å². The molecule has 0 radical (unpaired) electrons. The molecule has 0 amide bonds. The van der Waals surface area contributed by atoms with Crippen LogP contribution >= 0.6 is 0 Å². The summed E-state index contributed by atoms with van der Waals surface area (Å²) in [4.78, 5) is 14.1. The van der Waals surface area contributed by atoms with E-state index in [9.17, 15) is 9.90 Å². The fourth-order valence-corrected chi connectivity index (χ4v) is 3.13. The predicted molar refractivity (Wildman–Crippen MR) is 94.4 cm³/mol. The number of fused-ring (bicyclic) bond motifs is 1. The van der Waals surface area contributed by atoms with Crippen molar-refractivity contribution < 1.29 is 18.7 Å². The number of morpholine rings is 1. The number of benzene rings is 1. The third kappa shape index (κ3) is 2.68. The molecule has 0 bridgehead atoms. The molecule has 1 saturated heterocycles. The number of rotatable bonds is 2. The minimum Gasteiger partial charge on any atom is -0.507 e. The maximum absolute atomic E-state index is 11.9. The largest absolute Gasteiger partial charge is 0.507 e. The van der Waals surface area contributed by atoms with Crippen LogP contribution in [0, 0.1) is 13.8 Å². The number of furan rings is 1. The molecule has 3 heterocycles. The monoisotopic (exact) mass is 341 g/mol. The average Bonchev–Trinajstić information content (AvgIpc) is 3.06. The highest BCUT2D eigenvalue weighted by Gasteiger charge is 2.19. The number of aromatic hydroxyl groups is 1. The van der Waals surface area contributed by atoms with Gasteiger partial charge in [-0.15, -0.1) is 0 Å². The molecule has 1 aliphatic rings. The molecule has 1 N–H and O–H groups in total. The van der Waals surface area contributed by atoms with Crippen molar-refractivity contribution in [1.82, 2.24) is 0 Å². The summed E-state index contributed by atoms with van der Waals surface area (Å²) < 4.78 is 16.6. The molecule has 1 fully saturated rings. The van der Waals surface area contributed by atoms with Crippen LogP contribution in [-0.2, 0) is 4.74 Å². The molecular formula is C19H19NO5. The second kappa shape index (κ2) is 5.97. The van der Waals surface area contributed by atoms with Gasteiger partial charge in [-0.05, 0) is 38.1 Å². The van der Waals surface area contributed by atoms with Gasteiger partial charge in [0.15, 0.2) is 11.5 Å². The third-order valence-electron chi connectivity index (χ3n) is 4.65. The SMILES string of the molecule is Cc1c(-c2cc3cc(N4CCOCC4)ccc3o2)oc(=O)c(C)c1O. The highest BCUT2D eigenvalue weighted by molar-refractivity contribution is 5.85. The molecular weight excluding hydrogens is 322 g/mol. The Labute approximate surface area is 144 Å². The van der Waals surface area contributed by atoms with Crippen molar-refractivity contribution in [3.63, 3.8) is 0 Å². The quantitative estimate of drug-likeness (QED) is 0.771. The first-order valence-corrected chi connectivity index (χ1v) is 8.24. The van der Waals surface area contributed by atoms with Gasteiger partial charge in [-0.2, -0.15) is 0 Å². The maximum Gasteiger partial charge on any atom is 0.343 e. The molecule has 1 aliphatic heterocycles. The highest BCUT2D eigenvalue weighted by Crippen LogP contribution is 2.34. The van der Waals surface area contributed by atoms with Crippen LogP contribution in [0.2, 0.25) is 0 Å². The van der Waals surface area contributed by atoms with E-state index in [2.05, 4.69) is 11.0 Å². The zero-order valence-corrected chi connectivity index (χ0v) is 14.2. The van der Waals surface area contributed by atoms with Crippen LogP contribution in [0.15, 0.2) is 37.9 Å². The molecule has 4 rings (SSSR count). The smallest absolute Gasteiger partial charge is 0.343 e. The molecule has 1 aromatic carbocycles. The van der Waals surface area contributed by atoms with Gasteiger partial charge >= 0.3 is 5.63 Å². The molecule has 3 aromatic rings. The van der Waals surface area contributed by atoms with Gasteiger partial charge in [0.05, 0.1) is 18.8 Å². The second-order valence-corrected chi connectivity index (χ2v) is 6.25. The zero-order chi connectivity index (χ0) is 17.6.